The fourth-order valence-electron chi connectivity index (χ4n) is 6.07. The molecule has 1 aromatic carbocycles. The molecule has 1 aromatic heterocycles. The summed E-state index contributed by atoms with van der Waals surface area (Å²) in [4.78, 5) is 33.3. The smallest absolute Gasteiger partial charge is 0.353 e. The van der Waals surface area contributed by atoms with Crippen molar-refractivity contribution in [3.63, 3.8) is 0 Å². The van der Waals surface area contributed by atoms with Crippen LogP contribution in [0.5, 0.6) is 0 Å². The van der Waals surface area contributed by atoms with Crippen molar-refractivity contribution in [3.8, 4) is 5.69 Å². The number of aromatic nitrogens is 2. The quantitative estimate of drug-likeness (QED) is 0.526. The zero-order valence-electron chi connectivity index (χ0n) is 21.4. The second-order valence-corrected chi connectivity index (χ2v) is 11.6. The highest BCUT2D eigenvalue weighted by Gasteiger charge is 2.51. The van der Waals surface area contributed by atoms with Crippen LogP contribution in [0.3, 0.4) is 0 Å². The summed E-state index contributed by atoms with van der Waals surface area (Å²) in [6.45, 7) is 6.79. The molecule has 2 aliphatic carbocycles. The van der Waals surface area contributed by atoms with E-state index >= 15 is 0 Å². The van der Waals surface area contributed by atoms with Crippen molar-refractivity contribution in [3.05, 3.63) is 52.6 Å². The number of amides is 1. The van der Waals surface area contributed by atoms with Crippen LogP contribution < -0.4 is 27.4 Å². The Morgan fingerprint density at radius 3 is 2.33 bits per heavy atom. The molecule has 0 bridgehead atoms. The first-order valence-electron chi connectivity index (χ1n) is 13.1. The lowest BCUT2D eigenvalue weighted by Crippen LogP contribution is -2.58. The van der Waals surface area contributed by atoms with Crippen LogP contribution in [0, 0.1) is 5.41 Å². The van der Waals surface area contributed by atoms with Gasteiger partial charge in [-0.1, -0.05) is 12.1 Å². The van der Waals surface area contributed by atoms with E-state index in [0.29, 0.717) is 49.5 Å². The molecule has 36 heavy (non-hydrogen) atoms. The minimum absolute atomic E-state index is 0.0555. The fourth-order valence-corrected chi connectivity index (χ4v) is 6.07. The predicted molar refractivity (Wildman–Crippen MR) is 141 cm³/mol. The van der Waals surface area contributed by atoms with E-state index in [2.05, 4.69) is 22.4 Å². The first kappa shape index (κ1) is 24.9. The van der Waals surface area contributed by atoms with Gasteiger partial charge in [0.25, 0.3) is 0 Å². The highest BCUT2D eigenvalue weighted by molar-refractivity contribution is 5.85. The largest absolute Gasteiger partial charge is 0.354 e. The van der Waals surface area contributed by atoms with Crippen LogP contribution in [0.25, 0.3) is 5.69 Å². The second kappa shape index (κ2) is 9.61. The standard InChI is InChI=1S/C27H39N7O2/c1-26(2,29)24(35)33-13-11-32(12-14-33)23-8-10-34(25(36)31-23)22-5-3-19(4-6-22)7-9-30-21-17-27(18-21)15-20(28)16-27/h3-6,8,10,20-21,30H,7,9,11-18,28-29H2,1-2H3. The van der Waals surface area contributed by atoms with E-state index in [1.54, 1.807) is 29.5 Å². The summed E-state index contributed by atoms with van der Waals surface area (Å²) in [7, 11) is 0. The highest BCUT2D eigenvalue weighted by atomic mass is 16.2. The normalized spacial score (nSPS) is 26.0. The Hall–Kier alpha value is -2.75. The molecular formula is C27H39N7O2. The number of rotatable bonds is 7. The van der Waals surface area contributed by atoms with Gasteiger partial charge in [0.2, 0.25) is 5.91 Å². The summed E-state index contributed by atoms with van der Waals surface area (Å²) in [6.07, 6.45) is 7.68. The zero-order valence-corrected chi connectivity index (χ0v) is 21.4. The lowest BCUT2D eigenvalue weighted by molar-refractivity contribution is -0.136. The van der Waals surface area contributed by atoms with Crippen LogP contribution in [0.2, 0.25) is 0 Å². The third-order valence-corrected chi connectivity index (χ3v) is 8.04. The van der Waals surface area contributed by atoms with E-state index in [0.717, 1.165) is 18.7 Å². The number of piperazine rings is 1. The lowest BCUT2D eigenvalue weighted by Gasteiger charge is -2.57. The molecule has 0 radical (unpaired) electrons. The van der Waals surface area contributed by atoms with Crippen molar-refractivity contribution in [1.82, 2.24) is 19.8 Å². The Labute approximate surface area is 212 Å². The molecule has 194 valence electrons. The number of carbonyl (C=O) groups is 1. The van der Waals surface area contributed by atoms with Crippen molar-refractivity contribution in [1.29, 1.82) is 0 Å². The molecule has 2 aromatic rings. The molecule has 9 heteroatoms. The minimum Gasteiger partial charge on any atom is -0.353 e. The van der Waals surface area contributed by atoms with Crippen molar-refractivity contribution < 1.29 is 4.79 Å². The molecule has 0 unspecified atom stereocenters. The molecule has 0 atom stereocenters. The third kappa shape index (κ3) is 5.19. The summed E-state index contributed by atoms with van der Waals surface area (Å²) in [6, 6.07) is 11.1. The van der Waals surface area contributed by atoms with Gasteiger partial charge in [0.15, 0.2) is 0 Å². The third-order valence-electron chi connectivity index (χ3n) is 8.04. The van der Waals surface area contributed by atoms with Crippen molar-refractivity contribution in [2.45, 2.75) is 63.6 Å². The lowest BCUT2D eigenvalue weighted by atomic mass is 9.52. The van der Waals surface area contributed by atoms with Gasteiger partial charge in [-0.3, -0.25) is 9.36 Å². The maximum absolute atomic E-state index is 12.8. The molecule has 3 fully saturated rings. The first-order chi connectivity index (χ1) is 17.1. The van der Waals surface area contributed by atoms with Gasteiger partial charge in [0, 0.05) is 44.5 Å². The molecule has 2 heterocycles. The fraction of sp³-hybridized carbons (Fsp3) is 0.593. The SMILES string of the molecule is CC(C)(N)C(=O)N1CCN(c2ccn(-c3ccc(CCNC4CC5(CC(N)C5)C4)cc3)c(=O)n2)CC1. The van der Waals surface area contributed by atoms with Crippen molar-refractivity contribution in [2.24, 2.45) is 16.9 Å². The summed E-state index contributed by atoms with van der Waals surface area (Å²) < 4.78 is 1.57. The first-order valence-corrected chi connectivity index (χ1v) is 13.1. The number of nitrogens with two attached hydrogens (primary N) is 2. The van der Waals surface area contributed by atoms with Gasteiger partial charge in [-0.25, -0.2) is 4.79 Å². The number of hydrogen-bond donors (Lipinski definition) is 3. The van der Waals surface area contributed by atoms with Crippen molar-refractivity contribution in [2.75, 3.05) is 37.6 Å². The van der Waals surface area contributed by atoms with E-state index < -0.39 is 5.54 Å². The number of hydrogen-bond acceptors (Lipinski definition) is 7. The number of anilines is 1. The van der Waals surface area contributed by atoms with E-state index in [4.69, 9.17) is 11.5 Å². The predicted octanol–water partition coefficient (Wildman–Crippen LogP) is 1.02. The zero-order chi connectivity index (χ0) is 25.5. The summed E-state index contributed by atoms with van der Waals surface area (Å²) in [5.74, 6) is 0.583. The van der Waals surface area contributed by atoms with Gasteiger partial charge in [0.05, 0.1) is 11.2 Å². The summed E-state index contributed by atoms with van der Waals surface area (Å²) in [5.41, 5.74) is 13.3. The molecule has 5 N–H and O–H groups in total. The topological polar surface area (TPSA) is 123 Å². The monoisotopic (exact) mass is 493 g/mol. The Balaban J connectivity index is 1.11. The van der Waals surface area contributed by atoms with Crippen LogP contribution >= 0.6 is 0 Å². The molecule has 1 amide bonds. The Morgan fingerprint density at radius 1 is 1.08 bits per heavy atom. The van der Waals surface area contributed by atoms with Crippen LogP contribution in [-0.2, 0) is 11.2 Å². The Morgan fingerprint density at radius 2 is 1.75 bits per heavy atom. The Bertz CT molecular complexity index is 1130. The molecule has 5 rings (SSSR count). The van der Waals surface area contributed by atoms with Gasteiger partial charge in [0.1, 0.15) is 5.82 Å². The van der Waals surface area contributed by atoms with Crippen LogP contribution in [0.4, 0.5) is 5.82 Å². The average Bonchev–Trinajstić information content (AvgIpc) is 2.81. The summed E-state index contributed by atoms with van der Waals surface area (Å²) in [5, 5.41) is 3.68. The molecule has 1 spiro atoms. The maximum Gasteiger partial charge on any atom is 0.354 e. The molecule has 1 aliphatic heterocycles. The number of benzene rings is 1. The van der Waals surface area contributed by atoms with E-state index in [1.807, 2.05) is 23.1 Å². The van der Waals surface area contributed by atoms with Gasteiger partial charge >= 0.3 is 5.69 Å². The molecule has 1 saturated heterocycles. The van der Waals surface area contributed by atoms with Gasteiger partial charge in [-0.2, -0.15) is 4.98 Å². The van der Waals surface area contributed by atoms with Gasteiger partial charge in [-0.15, -0.1) is 0 Å². The van der Waals surface area contributed by atoms with Crippen LogP contribution in [0.1, 0.15) is 45.1 Å². The number of nitrogens with one attached hydrogen (secondary N) is 1. The van der Waals surface area contributed by atoms with Gasteiger partial charge < -0.3 is 26.6 Å². The maximum atomic E-state index is 12.8. The molecule has 2 saturated carbocycles. The molecular weight excluding hydrogens is 454 g/mol. The van der Waals surface area contributed by atoms with Gasteiger partial charge in [-0.05, 0) is 81.7 Å². The van der Waals surface area contributed by atoms with E-state index in [-0.39, 0.29) is 11.6 Å². The number of carbonyl (C=O) groups excluding carboxylic acids is 1. The minimum atomic E-state index is -0.877. The molecule has 9 nitrogen and oxygen atoms in total. The Kier molecular flexibility index (Phi) is 6.65. The van der Waals surface area contributed by atoms with E-state index in [9.17, 15) is 9.59 Å². The van der Waals surface area contributed by atoms with Crippen molar-refractivity contribution >= 4 is 11.7 Å². The average molecular weight is 494 g/mol. The second-order valence-electron chi connectivity index (χ2n) is 11.6. The number of nitrogens with zero attached hydrogens (tertiary/aromatic N) is 4. The highest BCUT2D eigenvalue weighted by Crippen LogP contribution is 2.55. The van der Waals surface area contributed by atoms with E-state index in [1.165, 1.54) is 31.2 Å². The van der Waals surface area contributed by atoms with Crippen LogP contribution in [-0.4, -0.2) is 70.7 Å². The summed E-state index contributed by atoms with van der Waals surface area (Å²) >= 11 is 0. The molecule has 3 aliphatic rings. The van der Waals surface area contributed by atoms with Crippen LogP contribution in [0.15, 0.2) is 41.3 Å².